The molecule has 0 spiro atoms. The lowest BCUT2D eigenvalue weighted by Gasteiger charge is -2.11. The lowest BCUT2D eigenvalue weighted by Crippen LogP contribution is -2.15. The molecule has 1 N–H and O–H groups in total. The predicted molar refractivity (Wildman–Crippen MR) is 73.1 cm³/mol. The van der Waals surface area contributed by atoms with Crippen molar-refractivity contribution in [2.45, 2.75) is 11.8 Å². The summed E-state index contributed by atoms with van der Waals surface area (Å²) in [5.74, 6) is -0.648. The van der Waals surface area contributed by atoms with Gasteiger partial charge < -0.3 is 0 Å². The first-order chi connectivity index (χ1) is 9.44. The molecule has 20 heavy (non-hydrogen) atoms. The Morgan fingerprint density at radius 2 is 1.90 bits per heavy atom. The van der Waals surface area contributed by atoms with Gasteiger partial charge in [0, 0.05) is 0 Å². The number of hydrogen-bond donors (Lipinski definition) is 1. The van der Waals surface area contributed by atoms with E-state index in [4.69, 9.17) is 5.26 Å². The number of para-hydroxylation sites is 1. The summed E-state index contributed by atoms with van der Waals surface area (Å²) < 4.78 is 40.2. The summed E-state index contributed by atoms with van der Waals surface area (Å²) >= 11 is 0. The van der Waals surface area contributed by atoms with Crippen LogP contribution in [-0.2, 0) is 10.0 Å². The molecule has 0 saturated carbocycles. The Bertz CT molecular complexity index is 775. The molecule has 0 aliphatic rings. The van der Waals surface area contributed by atoms with Crippen molar-refractivity contribution in [1.82, 2.24) is 0 Å². The number of anilines is 1. The van der Waals surface area contributed by atoms with Gasteiger partial charge in [0.15, 0.2) is 0 Å². The molecule has 0 saturated heterocycles. The Kier molecular flexibility index (Phi) is 3.72. The summed E-state index contributed by atoms with van der Waals surface area (Å²) in [6.07, 6.45) is 0. The largest absolute Gasteiger partial charge is 0.276 e. The van der Waals surface area contributed by atoms with Gasteiger partial charge in [0.2, 0.25) is 0 Å². The average Bonchev–Trinajstić information content (AvgIpc) is 2.43. The van der Waals surface area contributed by atoms with E-state index in [0.29, 0.717) is 5.56 Å². The highest BCUT2D eigenvalue weighted by Gasteiger charge is 2.17. The van der Waals surface area contributed by atoms with Crippen molar-refractivity contribution in [2.24, 2.45) is 0 Å². The third kappa shape index (κ3) is 2.78. The number of sulfonamides is 1. The maximum Gasteiger partial charge on any atom is 0.262 e. The first kappa shape index (κ1) is 14.0. The molecular formula is C14H11FN2O2S. The monoisotopic (exact) mass is 290 g/mol. The van der Waals surface area contributed by atoms with Gasteiger partial charge in [-0.15, -0.1) is 0 Å². The third-order valence-corrected chi connectivity index (χ3v) is 4.08. The lowest BCUT2D eigenvalue weighted by atomic mass is 10.2. The van der Waals surface area contributed by atoms with Crippen molar-refractivity contribution in [2.75, 3.05) is 4.72 Å². The predicted octanol–water partition coefficient (Wildman–Crippen LogP) is 2.81. The number of nitrogens with one attached hydrogen (secondary N) is 1. The number of benzene rings is 2. The van der Waals surface area contributed by atoms with Crippen molar-refractivity contribution in [1.29, 1.82) is 5.26 Å². The van der Waals surface area contributed by atoms with Crippen LogP contribution in [0.3, 0.4) is 0 Å². The molecule has 0 aliphatic heterocycles. The number of nitrogens with zero attached hydrogens (tertiary/aromatic N) is 1. The van der Waals surface area contributed by atoms with Crippen LogP contribution in [0.25, 0.3) is 0 Å². The van der Waals surface area contributed by atoms with Crippen molar-refractivity contribution >= 4 is 15.7 Å². The van der Waals surface area contributed by atoms with E-state index < -0.39 is 15.8 Å². The van der Waals surface area contributed by atoms with Crippen molar-refractivity contribution in [3.8, 4) is 6.07 Å². The molecule has 0 fully saturated rings. The molecule has 0 unspecified atom stereocenters. The fourth-order valence-corrected chi connectivity index (χ4v) is 2.87. The van der Waals surface area contributed by atoms with Gasteiger partial charge in [0.05, 0.1) is 22.2 Å². The van der Waals surface area contributed by atoms with Crippen LogP contribution in [0.15, 0.2) is 47.4 Å². The van der Waals surface area contributed by atoms with E-state index in [9.17, 15) is 12.8 Å². The Hall–Kier alpha value is -2.39. The summed E-state index contributed by atoms with van der Waals surface area (Å²) in [4.78, 5) is -0.0841. The molecule has 0 aliphatic carbocycles. The topological polar surface area (TPSA) is 70.0 Å². The highest BCUT2D eigenvalue weighted by Crippen LogP contribution is 2.23. The van der Waals surface area contributed by atoms with Crippen LogP contribution in [0.2, 0.25) is 0 Å². The maximum absolute atomic E-state index is 13.7. The normalized spacial score (nSPS) is 10.8. The van der Waals surface area contributed by atoms with Crippen LogP contribution in [-0.4, -0.2) is 8.42 Å². The van der Waals surface area contributed by atoms with Gasteiger partial charge in [0.25, 0.3) is 10.0 Å². The molecule has 2 aromatic carbocycles. The molecule has 0 bridgehead atoms. The van der Waals surface area contributed by atoms with E-state index in [1.54, 1.807) is 13.0 Å². The summed E-state index contributed by atoms with van der Waals surface area (Å²) in [7, 11) is -3.93. The first-order valence-corrected chi connectivity index (χ1v) is 7.20. The quantitative estimate of drug-likeness (QED) is 0.945. The molecule has 0 radical (unpaired) electrons. The smallest absolute Gasteiger partial charge is 0.262 e. The van der Waals surface area contributed by atoms with Crippen molar-refractivity contribution in [3.63, 3.8) is 0 Å². The summed E-state index contributed by atoms with van der Waals surface area (Å²) in [6.45, 7) is 1.60. The Labute approximate surface area is 116 Å². The van der Waals surface area contributed by atoms with Crippen LogP contribution in [0.5, 0.6) is 0 Å². The van der Waals surface area contributed by atoms with Crippen molar-refractivity contribution < 1.29 is 12.8 Å². The molecule has 2 aromatic rings. The number of nitriles is 1. The number of halogens is 1. The lowest BCUT2D eigenvalue weighted by molar-refractivity contribution is 0.598. The van der Waals surface area contributed by atoms with Gasteiger partial charge in [-0.1, -0.05) is 18.2 Å². The minimum atomic E-state index is -3.93. The van der Waals surface area contributed by atoms with E-state index in [0.717, 1.165) is 0 Å². The van der Waals surface area contributed by atoms with Gasteiger partial charge in [-0.05, 0) is 36.8 Å². The second-order valence-corrected chi connectivity index (χ2v) is 5.86. The highest BCUT2D eigenvalue weighted by molar-refractivity contribution is 7.92. The summed E-state index contributed by atoms with van der Waals surface area (Å²) in [5.41, 5.74) is 0.609. The van der Waals surface area contributed by atoms with Gasteiger partial charge in [0.1, 0.15) is 5.82 Å². The summed E-state index contributed by atoms with van der Waals surface area (Å²) in [6, 6.07) is 11.7. The Balaban J connectivity index is 2.44. The molecule has 2 rings (SSSR count). The highest BCUT2D eigenvalue weighted by atomic mass is 32.2. The maximum atomic E-state index is 13.7. The van der Waals surface area contributed by atoms with E-state index in [1.807, 2.05) is 6.07 Å². The molecule has 0 aromatic heterocycles. The van der Waals surface area contributed by atoms with E-state index in [1.165, 1.54) is 36.4 Å². The standard InChI is InChI=1S/C14H11FN2O2S/c1-10-4-2-7-13(15)14(10)17-20(18,19)12-6-3-5-11(8-12)9-16/h2-8,17H,1H3. The van der Waals surface area contributed by atoms with Crippen LogP contribution in [0.4, 0.5) is 10.1 Å². The minimum absolute atomic E-state index is 0.0841. The minimum Gasteiger partial charge on any atom is -0.276 e. The summed E-state index contributed by atoms with van der Waals surface area (Å²) in [5, 5.41) is 8.78. The second kappa shape index (κ2) is 5.31. The zero-order valence-corrected chi connectivity index (χ0v) is 11.4. The second-order valence-electron chi connectivity index (χ2n) is 4.18. The number of rotatable bonds is 3. The molecule has 0 amide bonds. The molecule has 0 heterocycles. The van der Waals surface area contributed by atoms with Crippen LogP contribution in [0, 0.1) is 24.1 Å². The SMILES string of the molecule is Cc1cccc(F)c1NS(=O)(=O)c1cccc(C#N)c1. The first-order valence-electron chi connectivity index (χ1n) is 5.72. The zero-order chi connectivity index (χ0) is 14.8. The number of aryl methyl sites for hydroxylation is 1. The molecular weight excluding hydrogens is 279 g/mol. The van der Waals surface area contributed by atoms with Crippen molar-refractivity contribution in [3.05, 3.63) is 59.4 Å². The van der Waals surface area contributed by atoms with E-state index in [-0.39, 0.29) is 16.1 Å². The fraction of sp³-hybridized carbons (Fsp3) is 0.0714. The number of hydrogen-bond acceptors (Lipinski definition) is 3. The van der Waals surface area contributed by atoms with Crippen LogP contribution >= 0.6 is 0 Å². The molecule has 102 valence electrons. The fourth-order valence-electron chi connectivity index (χ4n) is 1.69. The average molecular weight is 290 g/mol. The van der Waals surface area contributed by atoms with Gasteiger partial charge in [-0.25, -0.2) is 12.8 Å². The third-order valence-electron chi connectivity index (χ3n) is 2.73. The Morgan fingerprint density at radius 3 is 2.55 bits per heavy atom. The van der Waals surface area contributed by atoms with Gasteiger partial charge in [-0.3, -0.25) is 4.72 Å². The molecule has 4 nitrogen and oxygen atoms in total. The van der Waals surface area contributed by atoms with Gasteiger partial charge in [-0.2, -0.15) is 5.26 Å². The molecule has 0 atom stereocenters. The Morgan fingerprint density at radius 1 is 1.20 bits per heavy atom. The molecule has 6 heteroatoms. The van der Waals surface area contributed by atoms with Gasteiger partial charge >= 0.3 is 0 Å². The van der Waals surface area contributed by atoms with Crippen LogP contribution in [0.1, 0.15) is 11.1 Å². The van der Waals surface area contributed by atoms with E-state index >= 15 is 0 Å². The van der Waals surface area contributed by atoms with Crippen LogP contribution < -0.4 is 4.72 Å². The van der Waals surface area contributed by atoms with E-state index in [2.05, 4.69) is 4.72 Å². The zero-order valence-electron chi connectivity index (χ0n) is 10.6.